The Bertz CT molecular complexity index is 166. The molecule has 3 heteroatoms. The highest BCUT2D eigenvalue weighted by Crippen LogP contribution is 2.57. The van der Waals surface area contributed by atoms with Crippen molar-refractivity contribution in [2.24, 2.45) is 11.7 Å². The van der Waals surface area contributed by atoms with Crippen molar-refractivity contribution >= 4 is 11.8 Å². The minimum atomic E-state index is 0.188. The molecule has 0 aromatic rings. The van der Waals surface area contributed by atoms with Crippen LogP contribution in [-0.2, 0) is 0 Å². The Morgan fingerprint density at radius 1 is 1.58 bits per heavy atom. The van der Waals surface area contributed by atoms with Crippen LogP contribution in [0.4, 0.5) is 0 Å². The van der Waals surface area contributed by atoms with Gasteiger partial charge in [0.15, 0.2) is 0 Å². The van der Waals surface area contributed by atoms with Crippen molar-refractivity contribution < 1.29 is 5.11 Å². The minimum Gasteiger partial charge on any atom is -0.396 e. The summed E-state index contributed by atoms with van der Waals surface area (Å²) < 4.78 is 0.441. The zero-order valence-electron chi connectivity index (χ0n) is 8.13. The second-order valence-corrected chi connectivity index (χ2v) is 6.81. The van der Waals surface area contributed by atoms with E-state index in [1.54, 1.807) is 0 Å². The normalized spacial score (nSPS) is 35.2. The maximum atomic E-state index is 9.00. The lowest BCUT2D eigenvalue weighted by Crippen LogP contribution is -2.27. The average Bonchev–Trinajstić information content (AvgIpc) is 2.60. The molecule has 1 fully saturated rings. The van der Waals surface area contributed by atoms with E-state index in [0.29, 0.717) is 19.1 Å². The molecule has 0 bridgehead atoms. The lowest BCUT2D eigenvalue weighted by molar-refractivity contribution is 0.272. The topological polar surface area (TPSA) is 46.2 Å². The molecule has 0 heterocycles. The van der Waals surface area contributed by atoms with Gasteiger partial charge in [0, 0.05) is 22.6 Å². The predicted octanol–water partition coefficient (Wildman–Crippen LogP) is 1.23. The zero-order chi connectivity index (χ0) is 9.41. The predicted molar refractivity (Wildman–Crippen MR) is 54.3 cm³/mol. The number of nitrogens with two attached hydrogens (primary N) is 1. The molecule has 0 radical (unpaired) electrons. The molecule has 72 valence electrons. The van der Waals surface area contributed by atoms with Crippen LogP contribution in [0.25, 0.3) is 0 Å². The van der Waals surface area contributed by atoms with E-state index >= 15 is 0 Å². The third-order valence-electron chi connectivity index (χ3n) is 2.25. The van der Waals surface area contributed by atoms with Gasteiger partial charge in [-0.05, 0) is 12.3 Å². The van der Waals surface area contributed by atoms with Gasteiger partial charge in [-0.15, -0.1) is 11.8 Å². The molecule has 2 nitrogen and oxygen atoms in total. The fourth-order valence-electron chi connectivity index (χ4n) is 1.62. The lowest BCUT2D eigenvalue weighted by atomic mass is 10.2. The number of hydrogen-bond acceptors (Lipinski definition) is 3. The second-order valence-electron chi connectivity index (χ2n) is 4.57. The summed E-state index contributed by atoms with van der Waals surface area (Å²) >= 11 is 1.92. The van der Waals surface area contributed by atoms with E-state index in [1.165, 1.54) is 0 Å². The summed E-state index contributed by atoms with van der Waals surface area (Å²) in [6, 6.07) is 0. The van der Waals surface area contributed by atoms with Crippen LogP contribution in [0.3, 0.4) is 0 Å². The quantitative estimate of drug-likeness (QED) is 0.702. The fraction of sp³-hybridized carbons (Fsp3) is 1.00. The van der Waals surface area contributed by atoms with Gasteiger partial charge in [0.05, 0.1) is 0 Å². The SMILES string of the molecule is CC(C)(C)SC1(CN)CC1CO. The molecular weight excluding hydrogens is 170 g/mol. The first-order valence-corrected chi connectivity index (χ1v) is 5.26. The first-order valence-electron chi connectivity index (χ1n) is 4.45. The molecule has 0 aromatic heterocycles. The number of hydrogen-bond donors (Lipinski definition) is 2. The van der Waals surface area contributed by atoms with Gasteiger partial charge in [0.2, 0.25) is 0 Å². The summed E-state index contributed by atoms with van der Waals surface area (Å²) in [6.45, 7) is 7.58. The molecule has 1 aliphatic carbocycles. The molecule has 1 aliphatic rings. The van der Waals surface area contributed by atoms with Crippen LogP contribution in [0.5, 0.6) is 0 Å². The molecule has 0 aliphatic heterocycles. The van der Waals surface area contributed by atoms with Crippen LogP contribution < -0.4 is 5.73 Å². The summed E-state index contributed by atoms with van der Waals surface area (Å²) in [5.41, 5.74) is 5.71. The van der Waals surface area contributed by atoms with Crippen molar-refractivity contribution in [2.75, 3.05) is 13.2 Å². The van der Waals surface area contributed by atoms with Crippen LogP contribution >= 0.6 is 11.8 Å². The fourth-order valence-corrected chi connectivity index (χ4v) is 3.44. The van der Waals surface area contributed by atoms with E-state index in [1.807, 2.05) is 11.8 Å². The van der Waals surface area contributed by atoms with Crippen LogP contribution in [0, 0.1) is 5.92 Å². The number of rotatable bonds is 3. The molecular formula is C9H19NOS. The monoisotopic (exact) mass is 189 g/mol. The van der Waals surface area contributed by atoms with E-state index in [4.69, 9.17) is 10.8 Å². The molecule has 1 saturated carbocycles. The van der Waals surface area contributed by atoms with E-state index in [2.05, 4.69) is 20.8 Å². The maximum Gasteiger partial charge on any atom is 0.0473 e. The minimum absolute atomic E-state index is 0.188. The molecule has 3 N–H and O–H groups in total. The van der Waals surface area contributed by atoms with Gasteiger partial charge in [0.1, 0.15) is 0 Å². The van der Waals surface area contributed by atoms with Crippen LogP contribution in [0.15, 0.2) is 0 Å². The first-order chi connectivity index (χ1) is 5.43. The molecule has 1 rings (SSSR count). The molecule has 0 aromatic carbocycles. The van der Waals surface area contributed by atoms with Gasteiger partial charge in [-0.3, -0.25) is 0 Å². The van der Waals surface area contributed by atoms with Gasteiger partial charge >= 0.3 is 0 Å². The Balaban J connectivity index is 2.50. The van der Waals surface area contributed by atoms with Crippen molar-refractivity contribution in [1.29, 1.82) is 0 Å². The summed E-state index contributed by atoms with van der Waals surface area (Å²) in [6.07, 6.45) is 1.09. The Morgan fingerprint density at radius 3 is 2.42 bits per heavy atom. The van der Waals surface area contributed by atoms with Crippen molar-refractivity contribution in [2.45, 2.75) is 36.7 Å². The van der Waals surface area contributed by atoms with Crippen LogP contribution in [0.2, 0.25) is 0 Å². The Hall–Kier alpha value is 0.270. The molecule has 0 saturated heterocycles. The Labute approximate surface area is 78.9 Å². The third kappa shape index (κ3) is 2.15. The van der Waals surface area contributed by atoms with E-state index in [0.717, 1.165) is 6.42 Å². The van der Waals surface area contributed by atoms with Crippen LogP contribution in [0.1, 0.15) is 27.2 Å². The zero-order valence-corrected chi connectivity index (χ0v) is 8.95. The van der Waals surface area contributed by atoms with Gasteiger partial charge in [-0.1, -0.05) is 20.8 Å². The van der Waals surface area contributed by atoms with Crippen molar-refractivity contribution in [3.63, 3.8) is 0 Å². The molecule has 0 amide bonds. The largest absolute Gasteiger partial charge is 0.396 e. The second kappa shape index (κ2) is 3.20. The van der Waals surface area contributed by atoms with Gasteiger partial charge < -0.3 is 10.8 Å². The standard InChI is InChI=1S/C9H19NOS/c1-8(2,3)12-9(6-10)4-7(9)5-11/h7,11H,4-6,10H2,1-3H3. The Kier molecular flexibility index (Phi) is 2.76. The Morgan fingerprint density at radius 2 is 2.17 bits per heavy atom. The summed E-state index contributed by atoms with van der Waals surface area (Å²) in [5.74, 6) is 0.437. The van der Waals surface area contributed by atoms with Crippen LogP contribution in [-0.4, -0.2) is 27.8 Å². The number of aliphatic hydroxyl groups excluding tert-OH is 1. The first kappa shape index (κ1) is 10.4. The number of aliphatic hydroxyl groups is 1. The van der Waals surface area contributed by atoms with E-state index in [9.17, 15) is 0 Å². The third-order valence-corrected chi connectivity index (χ3v) is 3.94. The van der Waals surface area contributed by atoms with E-state index in [-0.39, 0.29) is 9.49 Å². The summed E-state index contributed by atoms with van der Waals surface area (Å²) in [7, 11) is 0. The highest BCUT2D eigenvalue weighted by molar-refractivity contribution is 8.02. The summed E-state index contributed by atoms with van der Waals surface area (Å²) in [4.78, 5) is 0. The smallest absolute Gasteiger partial charge is 0.0473 e. The highest BCUT2D eigenvalue weighted by atomic mass is 32.2. The molecule has 2 unspecified atom stereocenters. The number of thioether (sulfide) groups is 1. The van der Waals surface area contributed by atoms with Gasteiger partial charge in [0.25, 0.3) is 0 Å². The highest BCUT2D eigenvalue weighted by Gasteiger charge is 2.54. The van der Waals surface area contributed by atoms with Crippen molar-refractivity contribution in [3.05, 3.63) is 0 Å². The average molecular weight is 189 g/mol. The van der Waals surface area contributed by atoms with Gasteiger partial charge in [-0.2, -0.15) is 0 Å². The van der Waals surface area contributed by atoms with Gasteiger partial charge in [-0.25, -0.2) is 0 Å². The van der Waals surface area contributed by atoms with E-state index < -0.39 is 0 Å². The summed E-state index contributed by atoms with van der Waals surface area (Å²) in [5, 5.41) is 9.00. The molecule has 0 spiro atoms. The lowest BCUT2D eigenvalue weighted by Gasteiger charge is -2.25. The molecule has 2 atom stereocenters. The maximum absolute atomic E-state index is 9.00. The van der Waals surface area contributed by atoms with Crippen molar-refractivity contribution in [1.82, 2.24) is 0 Å². The van der Waals surface area contributed by atoms with Crippen molar-refractivity contribution in [3.8, 4) is 0 Å². The molecule has 12 heavy (non-hydrogen) atoms.